The Morgan fingerprint density at radius 1 is 0.966 bits per heavy atom. The molecule has 0 unspecified atom stereocenters. The molecule has 0 spiro atoms. The molecule has 0 fully saturated rings. The zero-order valence-electron chi connectivity index (χ0n) is 16.2. The van der Waals surface area contributed by atoms with Gasteiger partial charge in [0.1, 0.15) is 17.2 Å². The van der Waals surface area contributed by atoms with E-state index in [1.54, 1.807) is 30.3 Å². The van der Waals surface area contributed by atoms with Gasteiger partial charge in [0.05, 0.1) is 17.0 Å². The standard InChI is InChI=1S/C25H22FNO2/c1-2-21(27-16-17-9-4-3-5-10-17)25-23(18-11-8-12-19(26)15-18)24(28)20-13-6-7-14-22(20)29-25/h3-15,21,27H,2,16H2,1H3/t21-/m0/s1. The van der Waals surface area contributed by atoms with E-state index < -0.39 is 0 Å². The molecule has 1 aromatic heterocycles. The fourth-order valence-corrected chi connectivity index (χ4v) is 3.58. The predicted octanol–water partition coefficient (Wildman–Crippen LogP) is 5.84. The Bertz CT molecular complexity index is 1180. The minimum absolute atomic E-state index is 0.146. The lowest BCUT2D eigenvalue weighted by molar-refractivity contribution is 0.414. The largest absolute Gasteiger partial charge is 0.458 e. The molecule has 0 aliphatic carbocycles. The number of rotatable bonds is 6. The zero-order valence-corrected chi connectivity index (χ0v) is 16.2. The van der Waals surface area contributed by atoms with Crippen molar-refractivity contribution in [1.29, 1.82) is 0 Å². The highest BCUT2D eigenvalue weighted by Gasteiger charge is 2.22. The van der Waals surface area contributed by atoms with Crippen LogP contribution in [-0.4, -0.2) is 0 Å². The van der Waals surface area contributed by atoms with Crippen molar-refractivity contribution in [3.63, 3.8) is 0 Å². The Kier molecular flexibility index (Phi) is 5.54. The molecule has 0 bridgehead atoms. The van der Waals surface area contributed by atoms with Crippen molar-refractivity contribution in [2.24, 2.45) is 0 Å². The van der Waals surface area contributed by atoms with Crippen molar-refractivity contribution in [2.75, 3.05) is 0 Å². The van der Waals surface area contributed by atoms with Crippen molar-refractivity contribution in [3.8, 4) is 11.1 Å². The van der Waals surface area contributed by atoms with Gasteiger partial charge in [-0.05, 0) is 41.8 Å². The van der Waals surface area contributed by atoms with Crippen LogP contribution in [0.3, 0.4) is 0 Å². The molecule has 29 heavy (non-hydrogen) atoms. The first-order valence-corrected chi connectivity index (χ1v) is 9.76. The molecule has 1 N–H and O–H groups in total. The van der Waals surface area contributed by atoms with Crippen molar-refractivity contribution in [1.82, 2.24) is 5.32 Å². The monoisotopic (exact) mass is 387 g/mol. The Balaban J connectivity index is 1.84. The molecule has 0 amide bonds. The second-order valence-corrected chi connectivity index (χ2v) is 7.00. The minimum Gasteiger partial charge on any atom is -0.458 e. The molecular weight excluding hydrogens is 365 g/mol. The van der Waals surface area contributed by atoms with E-state index in [1.165, 1.54) is 12.1 Å². The highest BCUT2D eigenvalue weighted by molar-refractivity contribution is 5.83. The highest BCUT2D eigenvalue weighted by atomic mass is 19.1. The summed E-state index contributed by atoms with van der Waals surface area (Å²) in [7, 11) is 0. The summed E-state index contributed by atoms with van der Waals surface area (Å²) in [6, 6.07) is 23.2. The minimum atomic E-state index is -0.383. The number of hydrogen-bond donors (Lipinski definition) is 1. The van der Waals surface area contributed by atoms with E-state index in [4.69, 9.17) is 4.42 Å². The lowest BCUT2D eigenvalue weighted by Gasteiger charge is -2.20. The molecule has 0 aliphatic heterocycles. The van der Waals surface area contributed by atoms with E-state index in [0.717, 1.165) is 12.0 Å². The number of benzene rings is 3. The zero-order chi connectivity index (χ0) is 20.2. The molecule has 4 aromatic rings. The lowest BCUT2D eigenvalue weighted by atomic mass is 9.97. The second kappa shape index (κ2) is 8.41. The molecule has 0 radical (unpaired) electrons. The SMILES string of the molecule is CC[C@H](NCc1ccccc1)c1oc2ccccc2c(=O)c1-c1cccc(F)c1. The summed E-state index contributed by atoms with van der Waals surface area (Å²) in [6.45, 7) is 2.67. The van der Waals surface area contributed by atoms with E-state index in [9.17, 15) is 9.18 Å². The quantitative estimate of drug-likeness (QED) is 0.452. The molecular formula is C25H22FNO2. The topological polar surface area (TPSA) is 42.2 Å². The summed E-state index contributed by atoms with van der Waals surface area (Å²) in [4.78, 5) is 13.3. The average Bonchev–Trinajstić information content (AvgIpc) is 2.75. The first kappa shape index (κ1) is 19.1. The molecule has 4 rings (SSSR count). The number of fused-ring (bicyclic) bond motifs is 1. The fraction of sp³-hybridized carbons (Fsp3) is 0.160. The summed E-state index contributed by atoms with van der Waals surface area (Å²) < 4.78 is 20.2. The van der Waals surface area contributed by atoms with Gasteiger partial charge in [-0.2, -0.15) is 0 Å². The average molecular weight is 387 g/mol. The molecule has 3 aromatic carbocycles. The molecule has 0 saturated heterocycles. The van der Waals surface area contributed by atoms with E-state index >= 15 is 0 Å². The fourth-order valence-electron chi connectivity index (χ4n) is 3.58. The Morgan fingerprint density at radius 2 is 1.72 bits per heavy atom. The van der Waals surface area contributed by atoms with Crippen LogP contribution >= 0.6 is 0 Å². The number of halogens is 1. The molecule has 3 nitrogen and oxygen atoms in total. The van der Waals surface area contributed by atoms with Gasteiger partial charge in [-0.25, -0.2) is 4.39 Å². The van der Waals surface area contributed by atoms with E-state index in [0.29, 0.717) is 34.4 Å². The molecule has 4 heteroatoms. The van der Waals surface area contributed by atoms with Gasteiger partial charge in [0.2, 0.25) is 5.43 Å². The van der Waals surface area contributed by atoms with Gasteiger partial charge in [0, 0.05) is 6.54 Å². The van der Waals surface area contributed by atoms with Gasteiger partial charge in [-0.15, -0.1) is 0 Å². The van der Waals surface area contributed by atoms with Gasteiger partial charge in [0.15, 0.2) is 0 Å². The van der Waals surface area contributed by atoms with Crippen molar-refractivity contribution in [2.45, 2.75) is 25.9 Å². The summed E-state index contributed by atoms with van der Waals surface area (Å²) in [5.41, 5.74) is 2.47. The van der Waals surface area contributed by atoms with Crippen LogP contribution in [0.5, 0.6) is 0 Å². The maximum Gasteiger partial charge on any atom is 0.200 e. The van der Waals surface area contributed by atoms with Crippen LogP contribution < -0.4 is 10.7 Å². The third-order valence-electron chi connectivity index (χ3n) is 5.06. The number of para-hydroxylation sites is 1. The summed E-state index contributed by atoms with van der Waals surface area (Å²) in [6.07, 6.45) is 0.719. The van der Waals surface area contributed by atoms with Crippen LogP contribution in [0.15, 0.2) is 88.1 Å². The van der Waals surface area contributed by atoms with Gasteiger partial charge in [-0.1, -0.05) is 61.5 Å². The van der Waals surface area contributed by atoms with Crippen LogP contribution in [0.4, 0.5) is 4.39 Å². The van der Waals surface area contributed by atoms with E-state index in [1.807, 2.05) is 43.3 Å². The van der Waals surface area contributed by atoms with Crippen molar-refractivity contribution in [3.05, 3.63) is 106 Å². The lowest BCUT2D eigenvalue weighted by Crippen LogP contribution is -2.23. The third-order valence-corrected chi connectivity index (χ3v) is 5.06. The van der Waals surface area contributed by atoms with Crippen LogP contribution in [-0.2, 0) is 6.54 Å². The molecule has 0 saturated carbocycles. The van der Waals surface area contributed by atoms with Crippen LogP contribution in [0, 0.1) is 5.82 Å². The maximum atomic E-state index is 13.9. The van der Waals surface area contributed by atoms with Gasteiger partial charge >= 0.3 is 0 Å². The Morgan fingerprint density at radius 3 is 2.48 bits per heavy atom. The normalized spacial score (nSPS) is 12.2. The highest BCUT2D eigenvalue weighted by Crippen LogP contribution is 2.31. The van der Waals surface area contributed by atoms with Gasteiger partial charge in [0.25, 0.3) is 0 Å². The molecule has 1 heterocycles. The first-order chi connectivity index (χ1) is 14.2. The van der Waals surface area contributed by atoms with Gasteiger partial charge < -0.3 is 9.73 Å². The number of nitrogens with one attached hydrogen (secondary N) is 1. The number of hydrogen-bond acceptors (Lipinski definition) is 3. The molecule has 146 valence electrons. The summed E-state index contributed by atoms with van der Waals surface area (Å²) >= 11 is 0. The Hall–Kier alpha value is -3.24. The smallest absolute Gasteiger partial charge is 0.200 e. The van der Waals surface area contributed by atoms with Gasteiger partial charge in [-0.3, -0.25) is 4.79 Å². The molecule has 0 aliphatic rings. The summed E-state index contributed by atoms with van der Waals surface area (Å²) in [5.74, 6) is 0.157. The van der Waals surface area contributed by atoms with Crippen molar-refractivity contribution >= 4 is 11.0 Å². The molecule has 1 atom stereocenters. The maximum absolute atomic E-state index is 13.9. The Labute approximate surface area is 168 Å². The summed E-state index contributed by atoms with van der Waals surface area (Å²) in [5, 5.41) is 3.99. The van der Waals surface area contributed by atoms with E-state index in [-0.39, 0.29) is 17.3 Å². The second-order valence-electron chi connectivity index (χ2n) is 7.00. The first-order valence-electron chi connectivity index (χ1n) is 9.76. The van der Waals surface area contributed by atoms with Crippen LogP contribution in [0.25, 0.3) is 22.1 Å². The van der Waals surface area contributed by atoms with Crippen molar-refractivity contribution < 1.29 is 8.81 Å². The van der Waals surface area contributed by atoms with E-state index in [2.05, 4.69) is 5.32 Å². The predicted molar refractivity (Wildman–Crippen MR) is 114 cm³/mol. The third kappa shape index (κ3) is 3.98. The van der Waals surface area contributed by atoms with Crippen LogP contribution in [0.2, 0.25) is 0 Å². The van der Waals surface area contributed by atoms with Crippen LogP contribution in [0.1, 0.15) is 30.7 Å².